The van der Waals surface area contributed by atoms with E-state index in [2.05, 4.69) is 98.3 Å². The minimum absolute atomic E-state index is 0.848. The molecule has 2 saturated heterocycles. The number of fused-ring (bicyclic) bond motifs is 10. The maximum absolute atomic E-state index is 5.55. The van der Waals surface area contributed by atoms with Crippen LogP contribution in [-0.4, -0.2) is 82.4 Å². The Morgan fingerprint density at radius 1 is 0.500 bits per heavy atom. The molecule has 10 rings (SSSR count). The number of benzene rings is 4. The Balaban J connectivity index is 0.729. The van der Waals surface area contributed by atoms with Gasteiger partial charge in [-0.1, -0.05) is 12.1 Å². The number of rotatable bonds is 9. The van der Waals surface area contributed by atoms with E-state index in [4.69, 9.17) is 19.4 Å². The van der Waals surface area contributed by atoms with Crippen molar-refractivity contribution in [3.63, 3.8) is 0 Å². The molecule has 2 aliphatic rings. The SMILES string of the molecule is COc1ccc2c(c1)nc1ccc3ccn(CCN4CCC(C5CCN(CCn6ccc7ccc8nc9ccc(OC)cc9c8c7c6)CC5)CC4)cc3c12. The minimum atomic E-state index is 0.848. The van der Waals surface area contributed by atoms with Crippen molar-refractivity contribution in [2.24, 2.45) is 11.8 Å². The molecule has 0 N–H and O–H groups in total. The first-order chi connectivity index (χ1) is 26.6. The number of nitrogens with zero attached hydrogens (tertiary/aromatic N) is 6. The Morgan fingerprint density at radius 3 is 1.57 bits per heavy atom. The molecule has 0 radical (unpaired) electrons. The van der Waals surface area contributed by atoms with Crippen molar-refractivity contribution in [3.05, 3.63) is 97.6 Å². The van der Waals surface area contributed by atoms with Crippen molar-refractivity contribution in [2.45, 2.75) is 38.8 Å². The number of methoxy groups -OCH3 is 2. The summed E-state index contributed by atoms with van der Waals surface area (Å²) in [5.74, 6) is 3.45. The van der Waals surface area contributed by atoms with Crippen LogP contribution in [0, 0.1) is 11.8 Å². The Labute approximate surface area is 315 Å². The van der Waals surface area contributed by atoms with Crippen LogP contribution in [0.3, 0.4) is 0 Å². The summed E-state index contributed by atoms with van der Waals surface area (Å²) < 4.78 is 15.8. The minimum Gasteiger partial charge on any atom is -0.497 e. The summed E-state index contributed by atoms with van der Waals surface area (Å²) in [5, 5.41) is 9.88. The summed E-state index contributed by atoms with van der Waals surface area (Å²) in [4.78, 5) is 15.2. The maximum Gasteiger partial charge on any atom is 0.121 e. The lowest BCUT2D eigenvalue weighted by Crippen LogP contribution is -2.42. The average molecular weight is 717 g/mol. The zero-order valence-corrected chi connectivity index (χ0v) is 31.4. The molecule has 0 spiro atoms. The number of piperidine rings is 2. The fraction of sp³-hybridized carbons (Fsp3) is 0.348. The fourth-order valence-electron chi connectivity index (χ4n) is 9.57. The lowest BCUT2D eigenvalue weighted by Gasteiger charge is -2.40. The molecule has 0 atom stereocenters. The summed E-state index contributed by atoms with van der Waals surface area (Å²) in [6.45, 7) is 9.06. The van der Waals surface area contributed by atoms with Gasteiger partial charge in [0, 0.05) is 89.4 Å². The number of hydrogen-bond donors (Lipinski definition) is 0. The first-order valence-corrected chi connectivity index (χ1v) is 19.8. The van der Waals surface area contributed by atoms with Crippen LogP contribution in [0.15, 0.2) is 97.6 Å². The Hall–Kier alpha value is -5.18. The number of ether oxygens (including phenoxy) is 2. The van der Waals surface area contributed by atoms with Gasteiger partial charge in [-0.3, -0.25) is 0 Å². The van der Waals surface area contributed by atoms with Crippen molar-refractivity contribution in [1.29, 1.82) is 0 Å². The first kappa shape index (κ1) is 33.4. The molecule has 0 bridgehead atoms. The van der Waals surface area contributed by atoms with Gasteiger partial charge < -0.3 is 28.4 Å². The van der Waals surface area contributed by atoms with Crippen LogP contribution in [0.2, 0.25) is 0 Å². The second kappa shape index (κ2) is 13.9. The second-order valence-corrected chi connectivity index (χ2v) is 15.6. The van der Waals surface area contributed by atoms with Crippen LogP contribution in [0.25, 0.3) is 65.2 Å². The van der Waals surface area contributed by atoms with Gasteiger partial charge in [0.05, 0.1) is 36.3 Å². The van der Waals surface area contributed by atoms with Crippen LogP contribution in [0.4, 0.5) is 0 Å². The number of aromatic nitrogens is 4. The summed E-state index contributed by atoms with van der Waals surface area (Å²) >= 11 is 0. The molecule has 274 valence electrons. The molecule has 4 aromatic heterocycles. The Morgan fingerprint density at radius 2 is 1.00 bits per heavy atom. The van der Waals surface area contributed by atoms with E-state index in [9.17, 15) is 0 Å². The fourth-order valence-corrected chi connectivity index (χ4v) is 9.57. The van der Waals surface area contributed by atoms with Gasteiger partial charge in [0.2, 0.25) is 0 Å². The molecule has 6 heterocycles. The Bertz CT molecular complexity index is 2640. The van der Waals surface area contributed by atoms with E-state index >= 15 is 0 Å². The van der Waals surface area contributed by atoms with Gasteiger partial charge in [-0.2, -0.15) is 0 Å². The standard InChI is InChI=1S/C46H48N6O2/c1-53-35-6-10-41-38(27-35)46-40-30-52(22-16-34(40)4-9-43(46)47-41)26-24-50-19-13-32(14-20-50)31-11-17-49(18-12-31)23-25-51-21-15-33-3-8-42-45(39(33)29-51)37-7-5-36(54-2)28-44(37)48-42/h3-10,15-16,21-22,27-32H,11-14,17-20,23-26H2,1-2H3. The third-order valence-electron chi connectivity index (χ3n) is 12.7. The average Bonchev–Trinajstić information content (AvgIpc) is 3.80. The molecule has 0 unspecified atom stereocenters. The van der Waals surface area contributed by atoms with Crippen molar-refractivity contribution in [1.82, 2.24) is 28.9 Å². The van der Waals surface area contributed by atoms with Gasteiger partial charge in [0.15, 0.2) is 0 Å². The van der Waals surface area contributed by atoms with E-state index in [0.717, 1.165) is 77.0 Å². The molecule has 54 heavy (non-hydrogen) atoms. The smallest absolute Gasteiger partial charge is 0.121 e. The zero-order valence-electron chi connectivity index (χ0n) is 31.4. The largest absolute Gasteiger partial charge is 0.497 e. The van der Waals surface area contributed by atoms with E-state index < -0.39 is 0 Å². The first-order valence-electron chi connectivity index (χ1n) is 19.8. The highest BCUT2D eigenvalue weighted by molar-refractivity contribution is 6.21. The molecule has 4 aromatic carbocycles. The molecular formula is C46H48N6O2. The van der Waals surface area contributed by atoms with Gasteiger partial charge in [-0.25, -0.2) is 9.97 Å². The van der Waals surface area contributed by atoms with E-state index in [0.29, 0.717) is 0 Å². The predicted octanol–water partition coefficient (Wildman–Crippen LogP) is 9.14. The topological polar surface area (TPSA) is 60.6 Å². The van der Waals surface area contributed by atoms with E-state index in [1.165, 1.54) is 89.6 Å². The highest BCUT2D eigenvalue weighted by Gasteiger charge is 2.29. The van der Waals surface area contributed by atoms with Crippen molar-refractivity contribution < 1.29 is 9.47 Å². The van der Waals surface area contributed by atoms with Crippen LogP contribution < -0.4 is 9.47 Å². The van der Waals surface area contributed by atoms with Gasteiger partial charge in [-0.15, -0.1) is 0 Å². The number of pyridine rings is 2. The van der Waals surface area contributed by atoms with Gasteiger partial charge in [-0.05, 0) is 129 Å². The van der Waals surface area contributed by atoms with E-state index in [1.54, 1.807) is 14.2 Å². The van der Waals surface area contributed by atoms with E-state index in [-0.39, 0.29) is 0 Å². The number of likely N-dealkylation sites (tertiary alicyclic amines) is 2. The molecule has 0 amide bonds. The molecule has 8 aromatic rings. The molecule has 8 nitrogen and oxygen atoms in total. The normalized spacial score (nSPS) is 16.9. The van der Waals surface area contributed by atoms with Gasteiger partial charge in [0.25, 0.3) is 0 Å². The quantitative estimate of drug-likeness (QED) is 0.149. The molecule has 0 aliphatic carbocycles. The highest BCUT2D eigenvalue weighted by atomic mass is 16.5. The van der Waals surface area contributed by atoms with Gasteiger partial charge >= 0.3 is 0 Å². The monoisotopic (exact) mass is 716 g/mol. The number of hydrogen-bond acceptors (Lipinski definition) is 6. The molecule has 0 saturated carbocycles. The third-order valence-corrected chi connectivity index (χ3v) is 12.7. The molecule has 2 fully saturated rings. The molecule has 8 heteroatoms. The van der Waals surface area contributed by atoms with Crippen LogP contribution in [0.5, 0.6) is 11.5 Å². The molecule has 2 aliphatic heterocycles. The zero-order chi connectivity index (χ0) is 36.2. The van der Waals surface area contributed by atoms with Crippen molar-refractivity contribution >= 4 is 65.2 Å². The molecular weight excluding hydrogens is 669 g/mol. The van der Waals surface area contributed by atoms with Crippen LogP contribution in [-0.2, 0) is 13.1 Å². The van der Waals surface area contributed by atoms with Crippen LogP contribution in [0.1, 0.15) is 25.7 Å². The summed E-state index contributed by atoms with van der Waals surface area (Å²) in [5.41, 5.74) is 4.12. The lowest BCUT2D eigenvalue weighted by molar-refractivity contribution is 0.0935. The second-order valence-electron chi connectivity index (χ2n) is 15.6. The maximum atomic E-state index is 5.55. The van der Waals surface area contributed by atoms with Crippen molar-refractivity contribution in [3.8, 4) is 11.5 Å². The third kappa shape index (κ3) is 6.11. The summed E-state index contributed by atoms with van der Waals surface area (Å²) in [6.07, 6.45) is 14.5. The Kier molecular flexibility index (Phi) is 8.60. The highest BCUT2D eigenvalue weighted by Crippen LogP contribution is 2.36. The van der Waals surface area contributed by atoms with Crippen molar-refractivity contribution in [2.75, 3.05) is 53.5 Å². The predicted molar refractivity (Wildman–Crippen MR) is 221 cm³/mol. The van der Waals surface area contributed by atoms with E-state index in [1.807, 2.05) is 18.2 Å². The lowest BCUT2D eigenvalue weighted by atomic mass is 9.79. The van der Waals surface area contributed by atoms with Gasteiger partial charge in [0.1, 0.15) is 11.5 Å². The summed E-state index contributed by atoms with van der Waals surface area (Å²) in [6, 6.07) is 25.6. The summed E-state index contributed by atoms with van der Waals surface area (Å²) in [7, 11) is 3.44. The van der Waals surface area contributed by atoms with Crippen LogP contribution >= 0.6 is 0 Å².